The number of phenolic OH excluding ortho intramolecular Hbond substituents is 1. The van der Waals surface area contributed by atoms with Gasteiger partial charge in [-0.3, -0.25) is 4.79 Å². The molecule has 4 heteroatoms. The van der Waals surface area contributed by atoms with Crippen molar-refractivity contribution >= 4 is 11.0 Å². The van der Waals surface area contributed by atoms with E-state index in [0.29, 0.717) is 33.4 Å². The van der Waals surface area contributed by atoms with Gasteiger partial charge in [0.15, 0.2) is 0 Å². The van der Waals surface area contributed by atoms with E-state index in [1.54, 1.807) is 26.2 Å². The highest BCUT2D eigenvalue weighted by Crippen LogP contribution is 2.30. The van der Waals surface area contributed by atoms with Crippen LogP contribution in [0.4, 0.5) is 0 Å². The highest BCUT2D eigenvalue weighted by Gasteiger charge is 2.14. The Morgan fingerprint density at radius 2 is 1.90 bits per heavy atom. The van der Waals surface area contributed by atoms with Gasteiger partial charge in [0.05, 0.1) is 18.1 Å². The molecular weight excluding hydrogens is 268 g/mol. The van der Waals surface area contributed by atoms with E-state index in [0.717, 1.165) is 0 Å². The molecule has 0 saturated heterocycles. The van der Waals surface area contributed by atoms with E-state index in [9.17, 15) is 9.90 Å². The maximum atomic E-state index is 12.7. The highest BCUT2D eigenvalue weighted by molar-refractivity contribution is 5.86. The standard InChI is InChI=1S/C17H14O4/c1-10-7-11(18)8-15-16(10)17(19)13(9-21-15)12-5-3-4-6-14(12)20-2/h3-9,18H,1-2H3. The van der Waals surface area contributed by atoms with Crippen LogP contribution in [0.15, 0.2) is 51.9 Å². The van der Waals surface area contributed by atoms with Gasteiger partial charge >= 0.3 is 0 Å². The molecule has 106 valence electrons. The first kappa shape index (κ1) is 13.2. The minimum atomic E-state index is -0.141. The third kappa shape index (κ3) is 2.14. The topological polar surface area (TPSA) is 59.7 Å². The number of fused-ring (bicyclic) bond motifs is 1. The molecule has 0 unspecified atom stereocenters. The predicted octanol–water partition coefficient (Wildman–Crippen LogP) is 3.48. The Bertz CT molecular complexity index is 878. The molecule has 1 N–H and O–H groups in total. The number of methoxy groups -OCH3 is 1. The van der Waals surface area contributed by atoms with Crippen LogP contribution in [0.1, 0.15) is 5.56 Å². The molecule has 0 atom stereocenters. The molecule has 4 nitrogen and oxygen atoms in total. The third-order valence-electron chi connectivity index (χ3n) is 3.46. The fraction of sp³-hybridized carbons (Fsp3) is 0.118. The van der Waals surface area contributed by atoms with Crippen molar-refractivity contribution < 1.29 is 14.3 Å². The van der Waals surface area contributed by atoms with Crippen LogP contribution >= 0.6 is 0 Å². The molecule has 3 rings (SSSR count). The summed E-state index contributed by atoms with van der Waals surface area (Å²) in [4.78, 5) is 12.7. The number of hydrogen-bond acceptors (Lipinski definition) is 4. The van der Waals surface area contributed by atoms with Crippen LogP contribution in [0.2, 0.25) is 0 Å². The minimum Gasteiger partial charge on any atom is -0.508 e. The number of aromatic hydroxyl groups is 1. The molecule has 2 aromatic carbocycles. The van der Waals surface area contributed by atoms with Gasteiger partial charge in [0.1, 0.15) is 23.3 Å². The van der Waals surface area contributed by atoms with E-state index in [1.807, 2.05) is 18.2 Å². The number of benzene rings is 2. The fourth-order valence-electron chi connectivity index (χ4n) is 2.48. The number of para-hydroxylation sites is 1. The van der Waals surface area contributed by atoms with Crippen LogP contribution < -0.4 is 10.2 Å². The molecule has 0 spiro atoms. The molecule has 0 radical (unpaired) electrons. The molecule has 1 aromatic heterocycles. The summed E-state index contributed by atoms with van der Waals surface area (Å²) in [6.07, 6.45) is 1.40. The Morgan fingerprint density at radius 3 is 2.67 bits per heavy atom. The van der Waals surface area contributed by atoms with Crippen LogP contribution in [0.25, 0.3) is 22.1 Å². The first-order valence-electron chi connectivity index (χ1n) is 6.50. The first-order chi connectivity index (χ1) is 10.1. The zero-order chi connectivity index (χ0) is 15.0. The molecule has 0 aliphatic heterocycles. The Kier molecular flexibility index (Phi) is 3.14. The SMILES string of the molecule is COc1ccccc1-c1coc2cc(O)cc(C)c2c1=O. The molecular formula is C17H14O4. The summed E-state index contributed by atoms with van der Waals surface area (Å²) in [7, 11) is 1.56. The normalized spacial score (nSPS) is 10.8. The maximum Gasteiger partial charge on any atom is 0.200 e. The Morgan fingerprint density at radius 1 is 1.14 bits per heavy atom. The molecule has 0 amide bonds. The predicted molar refractivity (Wildman–Crippen MR) is 80.9 cm³/mol. The van der Waals surface area contributed by atoms with Crippen molar-refractivity contribution in [1.82, 2.24) is 0 Å². The van der Waals surface area contributed by atoms with Crippen molar-refractivity contribution in [2.75, 3.05) is 7.11 Å². The summed E-state index contributed by atoms with van der Waals surface area (Å²) in [6.45, 7) is 1.77. The van der Waals surface area contributed by atoms with Gasteiger partial charge in [-0.1, -0.05) is 18.2 Å². The Hall–Kier alpha value is -2.75. The average molecular weight is 282 g/mol. The molecule has 1 heterocycles. The second-order valence-electron chi connectivity index (χ2n) is 4.81. The van der Waals surface area contributed by atoms with Crippen LogP contribution in [0, 0.1) is 6.92 Å². The zero-order valence-electron chi connectivity index (χ0n) is 11.7. The smallest absolute Gasteiger partial charge is 0.200 e. The highest BCUT2D eigenvalue weighted by atomic mass is 16.5. The molecule has 0 aliphatic rings. The van der Waals surface area contributed by atoms with Crippen molar-refractivity contribution in [3.8, 4) is 22.6 Å². The summed E-state index contributed by atoms with van der Waals surface area (Å²) in [5.41, 5.74) is 2.03. The van der Waals surface area contributed by atoms with Crippen molar-refractivity contribution in [3.63, 3.8) is 0 Å². The van der Waals surface area contributed by atoms with Crippen LogP contribution in [-0.2, 0) is 0 Å². The molecule has 21 heavy (non-hydrogen) atoms. The van der Waals surface area contributed by atoms with Gasteiger partial charge in [-0.15, -0.1) is 0 Å². The number of hydrogen-bond donors (Lipinski definition) is 1. The molecule has 0 fully saturated rings. The summed E-state index contributed by atoms with van der Waals surface area (Å²) in [6, 6.07) is 10.3. The van der Waals surface area contributed by atoms with E-state index < -0.39 is 0 Å². The number of ether oxygens (including phenoxy) is 1. The Labute approximate surface area is 121 Å². The second-order valence-corrected chi connectivity index (χ2v) is 4.81. The summed E-state index contributed by atoms with van der Waals surface area (Å²) < 4.78 is 10.8. The van der Waals surface area contributed by atoms with Gasteiger partial charge in [-0.05, 0) is 24.6 Å². The van der Waals surface area contributed by atoms with E-state index in [-0.39, 0.29) is 11.2 Å². The lowest BCUT2D eigenvalue weighted by Gasteiger charge is -2.09. The van der Waals surface area contributed by atoms with Gasteiger partial charge in [-0.25, -0.2) is 0 Å². The van der Waals surface area contributed by atoms with Crippen molar-refractivity contribution in [3.05, 3.63) is 58.4 Å². The van der Waals surface area contributed by atoms with Gasteiger partial charge in [0.2, 0.25) is 5.43 Å². The first-order valence-corrected chi connectivity index (χ1v) is 6.50. The quantitative estimate of drug-likeness (QED) is 0.781. The number of rotatable bonds is 2. The lowest BCUT2D eigenvalue weighted by atomic mass is 10.0. The summed E-state index contributed by atoms with van der Waals surface area (Å²) >= 11 is 0. The van der Waals surface area contributed by atoms with E-state index in [2.05, 4.69) is 0 Å². The van der Waals surface area contributed by atoms with Gasteiger partial charge in [0, 0.05) is 11.6 Å². The second kappa shape index (κ2) is 4.98. The third-order valence-corrected chi connectivity index (χ3v) is 3.46. The van der Waals surface area contributed by atoms with Gasteiger partial charge in [-0.2, -0.15) is 0 Å². The number of phenols is 1. The van der Waals surface area contributed by atoms with Crippen LogP contribution in [0.3, 0.4) is 0 Å². The number of aryl methyl sites for hydroxylation is 1. The largest absolute Gasteiger partial charge is 0.508 e. The fourth-order valence-corrected chi connectivity index (χ4v) is 2.48. The van der Waals surface area contributed by atoms with E-state index in [4.69, 9.17) is 9.15 Å². The maximum absolute atomic E-state index is 12.7. The van der Waals surface area contributed by atoms with E-state index >= 15 is 0 Å². The average Bonchev–Trinajstić information content (AvgIpc) is 2.47. The lowest BCUT2D eigenvalue weighted by molar-refractivity contribution is 0.416. The van der Waals surface area contributed by atoms with Crippen molar-refractivity contribution in [2.45, 2.75) is 6.92 Å². The van der Waals surface area contributed by atoms with Gasteiger partial charge in [0.25, 0.3) is 0 Å². The monoisotopic (exact) mass is 282 g/mol. The Balaban J connectivity index is 2.36. The summed E-state index contributed by atoms with van der Waals surface area (Å²) in [5.74, 6) is 0.689. The van der Waals surface area contributed by atoms with Crippen molar-refractivity contribution in [2.24, 2.45) is 0 Å². The van der Waals surface area contributed by atoms with Crippen LogP contribution in [0.5, 0.6) is 11.5 Å². The molecule has 0 bridgehead atoms. The summed E-state index contributed by atoms with van der Waals surface area (Å²) in [5, 5.41) is 10.1. The molecule has 0 saturated carbocycles. The van der Waals surface area contributed by atoms with Crippen LogP contribution in [-0.4, -0.2) is 12.2 Å². The van der Waals surface area contributed by atoms with E-state index in [1.165, 1.54) is 12.3 Å². The van der Waals surface area contributed by atoms with Gasteiger partial charge < -0.3 is 14.3 Å². The minimum absolute atomic E-state index is 0.0770. The molecule has 0 aliphatic carbocycles. The lowest BCUT2D eigenvalue weighted by Crippen LogP contribution is -2.07. The zero-order valence-corrected chi connectivity index (χ0v) is 11.7. The molecule has 3 aromatic rings. The van der Waals surface area contributed by atoms with Crippen molar-refractivity contribution in [1.29, 1.82) is 0 Å².